The van der Waals surface area contributed by atoms with Crippen molar-refractivity contribution >= 4 is 5.96 Å². The summed E-state index contributed by atoms with van der Waals surface area (Å²) >= 11 is 0. The van der Waals surface area contributed by atoms with Crippen molar-refractivity contribution in [3.8, 4) is 0 Å². The summed E-state index contributed by atoms with van der Waals surface area (Å²) in [4.78, 5) is 14.4. The first-order valence-electron chi connectivity index (χ1n) is 10.5. The summed E-state index contributed by atoms with van der Waals surface area (Å²) in [5, 5.41) is 3.48. The van der Waals surface area contributed by atoms with Gasteiger partial charge in [-0.25, -0.2) is 9.98 Å². The minimum absolute atomic E-state index is 0.606. The predicted octanol–water partition coefficient (Wildman–Crippen LogP) is 1.66. The normalized spacial score (nSPS) is 22.0. The second-order valence-electron chi connectivity index (χ2n) is 8.07. The van der Waals surface area contributed by atoms with Gasteiger partial charge >= 0.3 is 0 Å². The lowest BCUT2D eigenvalue weighted by atomic mass is 10.1. The summed E-state index contributed by atoms with van der Waals surface area (Å²) in [6.07, 6.45) is 5.18. The SMILES string of the molecule is CCNC(=NCc1nccn1CC(C)C)N1CCC(CN2CCOCC2)C1. The number of imidazole rings is 1. The van der Waals surface area contributed by atoms with Gasteiger partial charge in [-0.05, 0) is 25.2 Å². The second kappa shape index (κ2) is 10.1. The maximum absolute atomic E-state index is 5.47. The molecule has 0 aliphatic carbocycles. The van der Waals surface area contributed by atoms with E-state index in [0.29, 0.717) is 12.5 Å². The Kier molecular flexibility index (Phi) is 7.52. The zero-order valence-electron chi connectivity index (χ0n) is 17.2. The topological polar surface area (TPSA) is 57.9 Å². The zero-order valence-corrected chi connectivity index (χ0v) is 17.2. The Morgan fingerprint density at radius 1 is 1.33 bits per heavy atom. The zero-order chi connectivity index (χ0) is 19.1. The molecule has 0 aromatic carbocycles. The van der Waals surface area contributed by atoms with Crippen molar-refractivity contribution in [1.29, 1.82) is 0 Å². The molecule has 2 saturated heterocycles. The van der Waals surface area contributed by atoms with Gasteiger partial charge in [0.15, 0.2) is 5.96 Å². The summed E-state index contributed by atoms with van der Waals surface area (Å²) in [6, 6.07) is 0. The van der Waals surface area contributed by atoms with Gasteiger partial charge in [-0.3, -0.25) is 4.90 Å². The van der Waals surface area contributed by atoms with Crippen LogP contribution in [-0.2, 0) is 17.8 Å². The third-order valence-electron chi connectivity index (χ3n) is 5.27. The van der Waals surface area contributed by atoms with Crippen molar-refractivity contribution in [3.05, 3.63) is 18.2 Å². The van der Waals surface area contributed by atoms with E-state index in [0.717, 1.165) is 70.2 Å². The van der Waals surface area contributed by atoms with Crippen molar-refractivity contribution in [2.45, 2.75) is 40.3 Å². The molecule has 27 heavy (non-hydrogen) atoms. The molecule has 2 fully saturated rings. The molecular formula is C20H36N6O. The first kappa shape index (κ1) is 20.1. The number of rotatable bonds is 7. The number of aliphatic imine (C=N–C) groups is 1. The highest BCUT2D eigenvalue weighted by atomic mass is 16.5. The van der Waals surface area contributed by atoms with Crippen molar-refractivity contribution in [2.24, 2.45) is 16.8 Å². The Morgan fingerprint density at radius 2 is 2.15 bits per heavy atom. The van der Waals surface area contributed by atoms with Crippen LogP contribution < -0.4 is 5.32 Å². The fraction of sp³-hybridized carbons (Fsp3) is 0.800. The van der Waals surface area contributed by atoms with E-state index in [9.17, 15) is 0 Å². The van der Waals surface area contributed by atoms with Crippen LogP contribution in [-0.4, -0.2) is 77.8 Å². The molecule has 1 aromatic rings. The molecule has 0 spiro atoms. The molecule has 1 aromatic heterocycles. The van der Waals surface area contributed by atoms with Gasteiger partial charge in [0.2, 0.25) is 0 Å². The molecular weight excluding hydrogens is 340 g/mol. The molecule has 1 unspecified atom stereocenters. The van der Waals surface area contributed by atoms with E-state index in [-0.39, 0.29) is 0 Å². The van der Waals surface area contributed by atoms with E-state index in [1.165, 1.54) is 13.0 Å². The fourth-order valence-corrected chi connectivity index (χ4v) is 3.95. The molecule has 0 amide bonds. The van der Waals surface area contributed by atoms with Crippen LogP contribution in [0.15, 0.2) is 17.4 Å². The van der Waals surface area contributed by atoms with Gasteiger partial charge < -0.3 is 19.5 Å². The Balaban J connectivity index is 1.56. The summed E-state index contributed by atoms with van der Waals surface area (Å²) in [5.74, 6) is 3.40. The molecule has 3 heterocycles. The van der Waals surface area contributed by atoms with Crippen LogP contribution in [0.4, 0.5) is 0 Å². The molecule has 0 saturated carbocycles. The number of nitrogens with zero attached hydrogens (tertiary/aromatic N) is 5. The molecule has 0 bridgehead atoms. The van der Waals surface area contributed by atoms with Crippen LogP contribution in [0.1, 0.15) is 33.0 Å². The first-order valence-corrected chi connectivity index (χ1v) is 10.5. The maximum atomic E-state index is 5.47. The van der Waals surface area contributed by atoms with Crippen LogP contribution in [0.5, 0.6) is 0 Å². The smallest absolute Gasteiger partial charge is 0.194 e. The number of guanidine groups is 1. The van der Waals surface area contributed by atoms with Crippen molar-refractivity contribution in [2.75, 3.05) is 52.5 Å². The maximum Gasteiger partial charge on any atom is 0.194 e. The third-order valence-corrected chi connectivity index (χ3v) is 5.27. The largest absolute Gasteiger partial charge is 0.379 e. The van der Waals surface area contributed by atoms with Crippen LogP contribution >= 0.6 is 0 Å². The van der Waals surface area contributed by atoms with Gasteiger partial charge in [0, 0.05) is 58.2 Å². The number of likely N-dealkylation sites (tertiary alicyclic amines) is 1. The highest BCUT2D eigenvalue weighted by Gasteiger charge is 2.27. The van der Waals surface area contributed by atoms with E-state index in [4.69, 9.17) is 9.73 Å². The summed E-state index contributed by atoms with van der Waals surface area (Å²) in [5.41, 5.74) is 0. The molecule has 1 N–H and O–H groups in total. The minimum atomic E-state index is 0.606. The van der Waals surface area contributed by atoms with E-state index in [1.807, 2.05) is 6.20 Å². The van der Waals surface area contributed by atoms with E-state index in [1.54, 1.807) is 0 Å². The van der Waals surface area contributed by atoms with Gasteiger partial charge in [0.25, 0.3) is 0 Å². The minimum Gasteiger partial charge on any atom is -0.379 e. The quantitative estimate of drug-likeness (QED) is 0.579. The molecule has 7 nitrogen and oxygen atoms in total. The number of aromatic nitrogens is 2. The highest BCUT2D eigenvalue weighted by Crippen LogP contribution is 2.18. The number of morpholine rings is 1. The summed E-state index contributed by atoms with van der Waals surface area (Å²) in [7, 11) is 0. The molecule has 1 atom stereocenters. The Morgan fingerprint density at radius 3 is 2.89 bits per heavy atom. The number of nitrogens with one attached hydrogen (secondary N) is 1. The van der Waals surface area contributed by atoms with E-state index < -0.39 is 0 Å². The highest BCUT2D eigenvalue weighted by molar-refractivity contribution is 5.80. The summed E-state index contributed by atoms with van der Waals surface area (Å²) in [6.45, 7) is 16.4. The Bertz CT molecular complexity index is 593. The van der Waals surface area contributed by atoms with Crippen LogP contribution in [0.3, 0.4) is 0 Å². The van der Waals surface area contributed by atoms with E-state index in [2.05, 4.69) is 51.6 Å². The van der Waals surface area contributed by atoms with Crippen LogP contribution in [0.2, 0.25) is 0 Å². The number of hydrogen-bond acceptors (Lipinski definition) is 4. The van der Waals surface area contributed by atoms with Crippen LogP contribution in [0.25, 0.3) is 0 Å². The molecule has 2 aliphatic rings. The molecule has 2 aliphatic heterocycles. The number of ether oxygens (including phenoxy) is 1. The third kappa shape index (κ3) is 5.94. The lowest BCUT2D eigenvalue weighted by Gasteiger charge is -2.29. The molecule has 0 radical (unpaired) electrons. The van der Waals surface area contributed by atoms with Crippen LogP contribution in [0, 0.1) is 11.8 Å². The van der Waals surface area contributed by atoms with Gasteiger partial charge in [-0.2, -0.15) is 0 Å². The average molecular weight is 377 g/mol. The monoisotopic (exact) mass is 376 g/mol. The fourth-order valence-electron chi connectivity index (χ4n) is 3.95. The predicted molar refractivity (Wildman–Crippen MR) is 109 cm³/mol. The first-order chi connectivity index (χ1) is 13.2. The summed E-state index contributed by atoms with van der Waals surface area (Å²) < 4.78 is 7.69. The number of hydrogen-bond donors (Lipinski definition) is 1. The Hall–Kier alpha value is -1.60. The van der Waals surface area contributed by atoms with Gasteiger partial charge in [-0.15, -0.1) is 0 Å². The molecule has 3 rings (SSSR count). The van der Waals surface area contributed by atoms with Crippen molar-refractivity contribution in [3.63, 3.8) is 0 Å². The average Bonchev–Trinajstić information content (AvgIpc) is 3.29. The van der Waals surface area contributed by atoms with Gasteiger partial charge in [-0.1, -0.05) is 13.8 Å². The lowest BCUT2D eigenvalue weighted by molar-refractivity contribution is 0.0315. The van der Waals surface area contributed by atoms with Crippen molar-refractivity contribution < 1.29 is 4.74 Å². The van der Waals surface area contributed by atoms with Gasteiger partial charge in [0.1, 0.15) is 12.4 Å². The Labute approximate surface area is 163 Å². The van der Waals surface area contributed by atoms with Crippen molar-refractivity contribution in [1.82, 2.24) is 24.7 Å². The standard InChI is InChI=1S/C20H36N6O/c1-4-21-20(23-13-19-22-6-8-25(19)14-17(2)3)26-7-5-18(16-26)15-24-9-11-27-12-10-24/h6,8,17-18H,4-5,7,9-16H2,1-3H3,(H,21,23). The van der Waals surface area contributed by atoms with E-state index >= 15 is 0 Å². The second-order valence-corrected chi connectivity index (χ2v) is 8.07. The lowest BCUT2D eigenvalue weighted by Crippen LogP contribution is -2.42. The molecule has 152 valence electrons. The van der Waals surface area contributed by atoms with Gasteiger partial charge in [0.05, 0.1) is 13.2 Å². The molecule has 7 heteroatoms.